The van der Waals surface area contributed by atoms with Gasteiger partial charge >= 0.3 is 0 Å². The minimum Gasteiger partial charge on any atom is -0.363 e. The Morgan fingerprint density at radius 3 is 2.88 bits per heavy atom. The van der Waals surface area contributed by atoms with Gasteiger partial charge in [0.05, 0.1) is 5.69 Å². The number of piperazine rings is 1. The van der Waals surface area contributed by atoms with E-state index in [1.165, 1.54) is 0 Å². The summed E-state index contributed by atoms with van der Waals surface area (Å²) < 4.78 is 0. The van der Waals surface area contributed by atoms with Crippen molar-refractivity contribution in [2.75, 3.05) is 18.0 Å². The van der Waals surface area contributed by atoms with Crippen LogP contribution in [0.1, 0.15) is 13.8 Å². The van der Waals surface area contributed by atoms with Crippen LogP contribution in [0.4, 0.5) is 5.69 Å². The Hall–Kier alpha value is -0.580. The molecule has 1 saturated heterocycles. The third-order valence-electron chi connectivity index (χ3n) is 2.77. The van der Waals surface area contributed by atoms with Gasteiger partial charge in [-0.25, -0.2) is 0 Å². The smallest absolute Gasteiger partial charge is 0.175 e. The van der Waals surface area contributed by atoms with Crippen molar-refractivity contribution >= 4 is 28.9 Å². The molecule has 16 heavy (non-hydrogen) atoms. The van der Waals surface area contributed by atoms with Crippen LogP contribution in [0.3, 0.4) is 0 Å². The van der Waals surface area contributed by atoms with Gasteiger partial charge in [0.1, 0.15) is 0 Å². The zero-order valence-corrected chi connectivity index (χ0v) is 10.8. The number of anilines is 1. The minimum absolute atomic E-state index is 0.369. The lowest BCUT2D eigenvalue weighted by Crippen LogP contribution is -2.54. The molecular weight excluding hydrogens is 247 g/mol. The van der Waals surface area contributed by atoms with Crippen LogP contribution in [0.2, 0.25) is 10.3 Å². The van der Waals surface area contributed by atoms with Gasteiger partial charge in [0.25, 0.3) is 0 Å². The average Bonchev–Trinajstić information content (AvgIpc) is 2.25. The summed E-state index contributed by atoms with van der Waals surface area (Å²) in [6.07, 6.45) is 0. The van der Waals surface area contributed by atoms with Crippen molar-refractivity contribution in [1.29, 1.82) is 0 Å². The van der Waals surface area contributed by atoms with Gasteiger partial charge in [-0.2, -0.15) is 0 Å². The monoisotopic (exact) mass is 260 g/mol. The van der Waals surface area contributed by atoms with E-state index in [0.29, 0.717) is 22.4 Å². The fourth-order valence-electron chi connectivity index (χ4n) is 1.90. The standard InChI is InChI=1S/C10H14Cl2N4/c1-6-5-16(7(2)4-13-6)8-3-9(11)14-15-10(8)12/h3,6-7,13H,4-5H2,1-2H3. The molecule has 1 aliphatic rings. The summed E-state index contributed by atoms with van der Waals surface area (Å²) in [5.74, 6) is 0. The van der Waals surface area contributed by atoms with Crippen LogP contribution in [0.15, 0.2) is 6.07 Å². The molecular formula is C10H14Cl2N4. The van der Waals surface area contributed by atoms with Crippen LogP contribution in [0, 0.1) is 0 Å². The normalized spacial score (nSPS) is 25.9. The molecule has 2 heterocycles. The van der Waals surface area contributed by atoms with Crippen molar-refractivity contribution in [3.05, 3.63) is 16.4 Å². The number of nitrogens with one attached hydrogen (secondary N) is 1. The highest BCUT2D eigenvalue weighted by molar-refractivity contribution is 6.33. The van der Waals surface area contributed by atoms with Gasteiger partial charge in [-0.15, -0.1) is 10.2 Å². The maximum absolute atomic E-state index is 6.05. The summed E-state index contributed by atoms with van der Waals surface area (Å²) in [4.78, 5) is 2.21. The highest BCUT2D eigenvalue weighted by Gasteiger charge is 2.24. The number of halogens is 2. The van der Waals surface area contributed by atoms with E-state index in [1.54, 1.807) is 6.07 Å². The molecule has 1 aromatic rings. The van der Waals surface area contributed by atoms with Crippen LogP contribution >= 0.6 is 23.2 Å². The maximum Gasteiger partial charge on any atom is 0.175 e. The Kier molecular flexibility index (Phi) is 3.52. The molecule has 6 heteroatoms. The molecule has 0 radical (unpaired) electrons. The van der Waals surface area contributed by atoms with Crippen LogP contribution < -0.4 is 10.2 Å². The summed E-state index contributed by atoms with van der Waals surface area (Å²) in [6.45, 7) is 6.10. The first-order chi connectivity index (χ1) is 7.58. The van der Waals surface area contributed by atoms with Crippen LogP contribution in [-0.2, 0) is 0 Å². The Balaban J connectivity index is 2.30. The molecule has 0 amide bonds. The summed E-state index contributed by atoms with van der Waals surface area (Å²) >= 11 is 11.9. The molecule has 0 bridgehead atoms. The molecule has 2 unspecified atom stereocenters. The van der Waals surface area contributed by atoms with Gasteiger partial charge in [-0.05, 0) is 13.8 Å². The predicted octanol–water partition coefficient (Wildman–Crippen LogP) is 1.97. The number of hydrogen-bond acceptors (Lipinski definition) is 4. The minimum atomic E-state index is 0.369. The summed E-state index contributed by atoms with van der Waals surface area (Å²) in [5, 5.41) is 11.7. The Morgan fingerprint density at radius 1 is 1.38 bits per heavy atom. The summed E-state index contributed by atoms with van der Waals surface area (Å²) in [5.41, 5.74) is 0.863. The van der Waals surface area contributed by atoms with E-state index >= 15 is 0 Å². The van der Waals surface area contributed by atoms with Gasteiger partial charge in [0.2, 0.25) is 0 Å². The van der Waals surface area contributed by atoms with E-state index in [0.717, 1.165) is 18.8 Å². The zero-order valence-electron chi connectivity index (χ0n) is 9.24. The van der Waals surface area contributed by atoms with E-state index in [9.17, 15) is 0 Å². The van der Waals surface area contributed by atoms with Crippen molar-refractivity contribution in [3.8, 4) is 0 Å². The Morgan fingerprint density at radius 2 is 2.12 bits per heavy atom. The maximum atomic E-state index is 6.05. The van der Waals surface area contributed by atoms with Crippen LogP contribution in [0.25, 0.3) is 0 Å². The highest BCUT2D eigenvalue weighted by atomic mass is 35.5. The second kappa shape index (κ2) is 4.73. The SMILES string of the molecule is CC1CN(c2cc(Cl)nnc2Cl)C(C)CN1. The van der Waals surface area contributed by atoms with Gasteiger partial charge in [0.15, 0.2) is 10.3 Å². The number of nitrogens with zero attached hydrogens (tertiary/aromatic N) is 3. The Labute approximate surface area is 105 Å². The summed E-state index contributed by atoms with van der Waals surface area (Å²) in [6, 6.07) is 2.57. The second-order valence-corrected chi connectivity index (χ2v) is 4.90. The number of aromatic nitrogens is 2. The van der Waals surface area contributed by atoms with Crippen LogP contribution in [-0.4, -0.2) is 35.4 Å². The molecule has 1 fully saturated rings. The number of rotatable bonds is 1. The van der Waals surface area contributed by atoms with Crippen LogP contribution in [0.5, 0.6) is 0 Å². The molecule has 1 aliphatic heterocycles. The molecule has 1 aromatic heterocycles. The molecule has 0 spiro atoms. The predicted molar refractivity (Wildman–Crippen MR) is 66.3 cm³/mol. The van der Waals surface area contributed by atoms with Crippen molar-refractivity contribution in [2.45, 2.75) is 25.9 Å². The van der Waals surface area contributed by atoms with Crippen molar-refractivity contribution < 1.29 is 0 Å². The largest absolute Gasteiger partial charge is 0.363 e. The Bertz CT molecular complexity index is 385. The van der Waals surface area contributed by atoms with E-state index in [4.69, 9.17) is 23.2 Å². The molecule has 88 valence electrons. The molecule has 1 N–H and O–H groups in total. The molecule has 4 nitrogen and oxygen atoms in total. The van der Waals surface area contributed by atoms with Gasteiger partial charge in [-0.1, -0.05) is 23.2 Å². The topological polar surface area (TPSA) is 41.1 Å². The van der Waals surface area contributed by atoms with Gasteiger partial charge in [0, 0.05) is 31.2 Å². The fourth-order valence-corrected chi connectivity index (χ4v) is 2.24. The quantitative estimate of drug-likeness (QED) is 0.839. The van der Waals surface area contributed by atoms with E-state index in [2.05, 4.69) is 34.3 Å². The van der Waals surface area contributed by atoms with Gasteiger partial charge < -0.3 is 10.2 Å². The van der Waals surface area contributed by atoms with E-state index < -0.39 is 0 Å². The lowest BCUT2D eigenvalue weighted by atomic mass is 10.1. The number of hydrogen-bond donors (Lipinski definition) is 1. The van der Waals surface area contributed by atoms with E-state index in [-0.39, 0.29) is 0 Å². The fraction of sp³-hybridized carbons (Fsp3) is 0.600. The third-order valence-corrected chi connectivity index (χ3v) is 3.23. The summed E-state index contributed by atoms with van der Waals surface area (Å²) in [7, 11) is 0. The first-order valence-corrected chi connectivity index (χ1v) is 6.02. The second-order valence-electron chi connectivity index (χ2n) is 4.15. The molecule has 0 aromatic carbocycles. The van der Waals surface area contributed by atoms with E-state index in [1.807, 2.05) is 0 Å². The zero-order chi connectivity index (χ0) is 11.7. The van der Waals surface area contributed by atoms with Crippen molar-refractivity contribution in [1.82, 2.24) is 15.5 Å². The van der Waals surface area contributed by atoms with Crippen molar-refractivity contribution in [2.24, 2.45) is 0 Å². The average molecular weight is 261 g/mol. The highest BCUT2D eigenvalue weighted by Crippen LogP contribution is 2.28. The third kappa shape index (κ3) is 2.39. The lowest BCUT2D eigenvalue weighted by molar-refractivity contribution is 0.425. The lowest BCUT2D eigenvalue weighted by Gasteiger charge is -2.39. The first-order valence-electron chi connectivity index (χ1n) is 5.26. The first kappa shape index (κ1) is 11.9. The van der Waals surface area contributed by atoms with Crippen molar-refractivity contribution in [3.63, 3.8) is 0 Å². The molecule has 0 aliphatic carbocycles. The molecule has 0 saturated carbocycles. The molecule has 2 atom stereocenters. The van der Waals surface area contributed by atoms with Gasteiger partial charge in [-0.3, -0.25) is 0 Å². The molecule has 2 rings (SSSR count).